The molecule has 0 bridgehead atoms. The summed E-state index contributed by atoms with van der Waals surface area (Å²) in [5.41, 5.74) is 1.90. The van der Waals surface area contributed by atoms with Gasteiger partial charge in [0.05, 0.1) is 19.3 Å². The first kappa shape index (κ1) is 14.8. The van der Waals surface area contributed by atoms with Gasteiger partial charge in [-0.25, -0.2) is 0 Å². The lowest BCUT2D eigenvalue weighted by Crippen LogP contribution is -2.29. The van der Waals surface area contributed by atoms with Crippen molar-refractivity contribution in [1.29, 1.82) is 0 Å². The molecule has 5 nitrogen and oxygen atoms in total. The molecular formula is C13H22N2O3. The molecule has 0 fully saturated rings. The van der Waals surface area contributed by atoms with Crippen LogP contribution in [0.5, 0.6) is 0 Å². The quantitative estimate of drug-likeness (QED) is 0.536. The zero-order valence-corrected chi connectivity index (χ0v) is 10.7. The highest BCUT2D eigenvalue weighted by Crippen LogP contribution is 2.17. The van der Waals surface area contributed by atoms with E-state index in [4.69, 9.17) is 10.2 Å². The lowest BCUT2D eigenvalue weighted by atomic mass is 10.2. The molecule has 0 saturated carbocycles. The molecule has 1 aromatic rings. The minimum Gasteiger partial charge on any atom is -0.395 e. The molecule has 18 heavy (non-hydrogen) atoms. The molecule has 0 radical (unpaired) electrons. The molecule has 5 heteroatoms. The van der Waals surface area contributed by atoms with E-state index >= 15 is 0 Å². The Morgan fingerprint density at radius 2 is 1.67 bits per heavy atom. The van der Waals surface area contributed by atoms with Crippen LogP contribution >= 0.6 is 0 Å². The van der Waals surface area contributed by atoms with E-state index in [9.17, 15) is 5.11 Å². The van der Waals surface area contributed by atoms with Gasteiger partial charge in [-0.1, -0.05) is 0 Å². The Hall–Kier alpha value is -1.30. The fourth-order valence-corrected chi connectivity index (χ4v) is 1.67. The highest BCUT2D eigenvalue weighted by atomic mass is 16.3. The van der Waals surface area contributed by atoms with Crippen molar-refractivity contribution in [2.45, 2.75) is 13.0 Å². The molecule has 0 spiro atoms. The Balaban J connectivity index is 2.61. The van der Waals surface area contributed by atoms with Crippen LogP contribution in [0.4, 0.5) is 11.4 Å². The van der Waals surface area contributed by atoms with Crippen LogP contribution in [0.25, 0.3) is 0 Å². The van der Waals surface area contributed by atoms with E-state index < -0.39 is 0 Å². The van der Waals surface area contributed by atoms with Gasteiger partial charge < -0.3 is 25.5 Å². The first-order chi connectivity index (χ1) is 8.67. The lowest BCUT2D eigenvalue weighted by molar-refractivity contribution is 0.208. The summed E-state index contributed by atoms with van der Waals surface area (Å²) in [6.45, 7) is 3.36. The zero-order valence-electron chi connectivity index (χ0n) is 10.7. The number of hydrogen-bond acceptors (Lipinski definition) is 5. The van der Waals surface area contributed by atoms with Gasteiger partial charge in [0.15, 0.2) is 0 Å². The Kier molecular flexibility index (Phi) is 6.49. The number of benzene rings is 1. The summed E-state index contributed by atoms with van der Waals surface area (Å²) in [6, 6.07) is 7.68. The SMILES string of the molecule is CC(O)CNc1ccc(N(CCO)CCO)cc1. The molecule has 1 rings (SSSR count). The van der Waals surface area contributed by atoms with E-state index in [1.165, 1.54) is 0 Å². The van der Waals surface area contributed by atoms with Gasteiger partial charge in [0, 0.05) is 31.0 Å². The van der Waals surface area contributed by atoms with Crippen molar-refractivity contribution in [1.82, 2.24) is 0 Å². The molecular weight excluding hydrogens is 232 g/mol. The Bertz CT molecular complexity index is 322. The van der Waals surface area contributed by atoms with Crippen molar-refractivity contribution in [2.75, 3.05) is 43.1 Å². The van der Waals surface area contributed by atoms with Gasteiger partial charge in [0.1, 0.15) is 0 Å². The third-order valence-corrected chi connectivity index (χ3v) is 2.57. The van der Waals surface area contributed by atoms with E-state index in [0.717, 1.165) is 11.4 Å². The van der Waals surface area contributed by atoms with Gasteiger partial charge in [0.2, 0.25) is 0 Å². The number of nitrogens with zero attached hydrogens (tertiary/aromatic N) is 1. The van der Waals surface area contributed by atoms with Gasteiger partial charge in [-0.2, -0.15) is 0 Å². The second kappa shape index (κ2) is 7.92. The number of rotatable bonds is 8. The molecule has 102 valence electrons. The van der Waals surface area contributed by atoms with Gasteiger partial charge in [-0.15, -0.1) is 0 Å². The van der Waals surface area contributed by atoms with E-state index in [1.54, 1.807) is 6.92 Å². The summed E-state index contributed by atoms with van der Waals surface area (Å²) in [6.07, 6.45) is -0.384. The van der Waals surface area contributed by atoms with Crippen molar-refractivity contribution >= 4 is 11.4 Å². The minimum absolute atomic E-state index is 0.0576. The van der Waals surface area contributed by atoms with Crippen LogP contribution in [-0.4, -0.2) is 54.3 Å². The molecule has 0 amide bonds. The number of anilines is 2. The fourth-order valence-electron chi connectivity index (χ4n) is 1.67. The standard InChI is InChI=1S/C13H22N2O3/c1-11(18)10-14-12-2-4-13(5-3-12)15(6-8-16)7-9-17/h2-5,11,14,16-18H,6-10H2,1H3. The van der Waals surface area contributed by atoms with Crippen LogP contribution < -0.4 is 10.2 Å². The molecule has 0 saturated heterocycles. The average molecular weight is 254 g/mol. The van der Waals surface area contributed by atoms with Crippen molar-refractivity contribution < 1.29 is 15.3 Å². The summed E-state index contributed by atoms with van der Waals surface area (Å²) >= 11 is 0. The monoisotopic (exact) mass is 254 g/mol. The normalized spacial score (nSPS) is 12.2. The minimum atomic E-state index is -0.384. The average Bonchev–Trinajstić information content (AvgIpc) is 2.37. The van der Waals surface area contributed by atoms with Crippen LogP contribution in [0, 0.1) is 0 Å². The Morgan fingerprint density at radius 3 is 2.11 bits per heavy atom. The zero-order chi connectivity index (χ0) is 13.4. The fraction of sp³-hybridized carbons (Fsp3) is 0.538. The second-order valence-corrected chi connectivity index (χ2v) is 4.21. The van der Waals surface area contributed by atoms with Crippen LogP contribution in [0.2, 0.25) is 0 Å². The maximum absolute atomic E-state index is 9.17. The first-order valence-electron chi connectivity index (χ1n) is 6.16. The van der Waals surface area contributed by atoms with Gasteiger partial charge in [-0.05, 0) is 31.2 Å². The van der Waals surface area contributed by atoms with Gasteiger partial charge in [0.25, 0.3) is 0 Å². The molecule has 1 unspecified atom stereocenters. The molecule has 1 atom stereocenters. The molecule has 0 aliphatic carbocycles. The predicted octanol–water partition coefficient (Wildman–Crippen LogP) is 0.270. The molecule has 0 aromatic heterocycles. The number of nitrogens with one attached hydrogen (secondary N) is 1. The number of aliphatic hydroxyl groups excluding tert-OH is 3. The van der Waals surface area contributed by atoms with Crippen molar-refractivity contribution in [3.63, 3.8) is 0 Å². The summed E-state index contributed by atoms with van der Waals surface area (Å²) in [4.78, 5) is 1.92. The smallest absolute Gasteiger partial charge is 0.0684 e. The largest absolute Gasteiger partial charge is 0.395 e. The van der Waals surface area contributed by atoms with E-state index in [2.05, 4.69) is 5.32 Å². The van der Waals surface area contributed by atoms with Crippen LogP contribution in [-0.2, 0) is 0 Å². The van der Waals surface area contributed by atoms with E-state index in [0.29, 0.717) is 19.6 Å². The third-order valence-electron chi connectivity index (χ3n) is 2.57. The van der Waals surface area contributed by atoms with Crippen molar-refractivity contribution in [3.8, 4) is 0 Å². The third kappa shape index (κ3) is 4.91. The van der Waals surface area contributed by atoms with E-state index in [1.807, 2.05) is 29.2 Å². The van der Waals surface area contributed by atoms with Crippen LogP contribution in [0.3, 0.4) is 0 Å². The van der Waals surface area contributed by atoms with Crippen LogP contribution in [0.1, 0.15) is 6.92 Å². The topological polar surface area (TPSA) is 76.0 Å². The Labute approximate surface area is 108 Å². The Morgan fingerprint density at radius 1 is 1.11 bits per heavy atom. The second-order valence-electron chi connectivity index (χ2n) is 4.21. The molecule has 1 aromatic carbocycles. The highest BCUT2D eigenvalue weighted by Gasteiger charge is 2.05. The summed E-state index contributed by atoms with van der Waals surface area (Å²) in [5, 5.41) is 30.2. The van der Waals surface area contributed by atoms with Crippen LogP contribution in [0.15, 0.2) is 24.3 Å². The van der Waals surface area contributed by atoms with Gasteiger partial charge >= 0.3 is 0 Å². The molecule has 0 aliphatic rings. The summed E-state index contributed by atoms with van der Waals surface area (Å²) in [5.74, 6) is 0. The highest BCUT2D eigenvalue weighted by molar-refractivity contribution is 5.55. The maximum Gasteiger partial charge on any atom is 0.0684 e. The number of aliphatic hydroxyl groups is 3. The summed E-state index contributed by atoms with van der Waals surface area (Å²) in [7, 11) is 0. The number of hydrogen-bond donors (Lipinski definition) is 4. The first-order valence-corrected chi connectivity index (χ1v) is 6.16. The lowest BCUT2D eigenvalue weighted by Gasteiger charge is -2.23. The maximum atomic E-state index is 9.17. The molecule has 4 N–H and O–H groups in total. The molecule has 0 aliphatic heterocycles. The van der Waals surface area contributed by atoms with Crippen molar-refractivity contribution in [2.24, 2.45) is 0 Å². The van der Waals surface area contributed by atoms with Gasteiger partial charge in [-0.3, -0.25) is 0 Å². The predicted molar refractivity (Wildman–Crippen MR) is 73.0 cm³/mol. The summed E-state index contributed by atoms with van der Waals surface area (Å²) < 4.78 is 0. The van der Waals surface area contributed by atoms with Crippen molar-refractivity contribution in [3.05, 3.63) is 24.3 Å². The van der Waals surface area contributed by atoms with E-state index in [-0.39, 0.29) is 19.3 Å². The molecule has 0 heterocycles.